The van der Waals surface area contributed by atoms with Crippen molar-refractivity contribution in [3.05, 3.63) is 5.01 Å². The van der Waals surface area contributed by atoms with Gasteiger partial charge in [-0.05, 0) is 36.0 Å². The van der Waals surface area contributed by atoms with Gasteiger partial charge >= 0.3 is 6.03 Å². The lowest BCUT2D eigenvalue weighted by Crippen LogP contribution is -2.48. The first kappa shape index (κ1) is 15.6. The summed E-state index contributed by atoms with van der Waals surface area (Å²) in [4.78, 5) is 12.1. The van der Waals surface area contributed by atoms with Gasteiger partial charge in [-0.1, -0.05) is 32.1 Å². The fourth-order valence-electron chi connectivity index (χ4n) is 4.09. The molecule has 22 heavy (non-hydrogen) atoms. The molecule has 2 aliphatic rings. The smallest absolute Gasteiger partial charge is 0.321 e. The number of amides is 2. The van der Waals surface area contributed by atoms with Crippen LogP contribution in [0.2, 0.25) is 0 Å². The molecule has 3 unspecified atom stereocenters. The predicted molar refractivity (Wildman–Crippen MR) is 80.0 cm³/mol. The number of fused-ring (bicyclic) bond motifs is 2. The Morgan fingerprint density at radius 1 is 1.36 bits per heavy atom. The summed E-state index contributed by atoms with van der Waals surface area (Å²) < 4.78 is 24.9. The third-order valence-electron chi connectivity index (χ3n) is 5.95. The number of anilines is 1. The van der Waals surface area contributed by atoms with Crippen LogP contribution in [0.25, 0.3) is 0 Å². The molecule has 2 N–H and O–H groups in total. The second kappa shape index (κ2) is 5.11. The van der Waals surface area contributed by atoms with E-state index in [4.69, 9.17) is 0 Å². The van der Waals surface area contributed by atoms with Gasteiger partial charge in [0, 0.05) is 6.04 Å². The summed E-state index contributed by atoms with van der Waals surface area (Å²) in [7, 11) is 0. The molecule has 1 heterocycles. The highest BCUT2D eigenvalue weighted by Gasteiger charge is 2.61. The standard InChI is InChI=1S/C14H20F2N4OS/c1-13(2)7-4-5-14(13,3)8(6-7)17-11(21)18-12-20-19-10(22-12)9(15)16/h7-9H,4-6H2,1-3H3,(H2,17,18,20,21). The molecule has 8 heteroatoms. The van der Waals surface area contributed by atoms with Crippen LogP contribution in [0.15, 0.2) is 0 Å². The van der Waals surface area contributed by atoms with Crippen LogP contribution < -0.4 is 10.6 Å². The van der Waals surface area contributed by atoms with Gasteiger partial charge in [-0.25, -0.2) is 13.6 Å². The molecule has 2 bridgehead atoms. The van der Waals surface area contributed by atoms with Crippen LogP contribution in [-0.4, -0.2) is 22.3 Å². The lowest BCUT2D eigenvalue weighted by atomic mass is 9.69. The summed E-state index contributed by atoms with van der Waals surface area (Å²) in [5.74, 6) is 0.620. The summed E-state index contributed by atoms with van der Waals surface area (Å²) in [6.45, 7) is 6.76. The van der Waals surface area contributed by atoms with Gasteiger partial charge in [-0.2, -0.15) is 0 Å². The molecule has 0 spiro atoms. The summed E-state index contributed by atoms with van der Waals surface area (Å²) >= 11 is 0.697. The number of urea groups is 1. The molecule has 1 aromatic rings. The maximum atomic E-state index is 12.5. The lowest BCUT2D eigenvalue weighted by Gasteiger charge is -2.39. The Labute approximate surface area is 131 Å². The van der Waals surface area contributed by atoms with Gasteiger partial charge in [0.05, 0.1) is 0 Å². The minimum Gasteiger partial charge on any atom is -0.334 e. The maximum Gasteiger partial charge on any atom is 0.321 e. The van der Waals surface area contributed by atoms with Crippen LogP contribution in [0.1, 0.15) is 51.5 Å². The Morgan fingerprint density at radius 3 is 2.59 bits per heavy atom. The molecular weight excluding hydrogens is 310 g/mol. The van der Waals surface area contributed by atoms with Crippen molar-refractivity contribution < 1.29 is 13.6 Å². The van der Waals surface area contributed by atoms with Crippen molar-refractivity contribution in [3.63, 3.8) is 0 Å². The number of alkyl halides is 2. The van der Waals surface area contributed by atoms with Crippen molar-refractivity contribution >= 4 is 22.5 Å². The minimum absolute atomic E-state index is 0.0737. The van der Waals surface area contributed by atoms with E-state index in [1.54, 1.807) is 0 Å². The van der Waals surface area contributed by atoms with Crippen LogP contribution >= 0.6 is 11.3 Å². The summed E-state index contributed by atoms with van der Waals surface area (Å²) in [5, 5.41) is 12.1. The number of hydrogen-bond donors (Lipinski definition) is 2. The Morgan fingerprint density at radius 2 is 2.09 bits per heavy atom. The fraction of sp³-hybridized carbons (Fsp3) is 0.786. The van der Waals surface area contributed by atoms with Crippen molar-refractivity contribution in [3.8, 4) is 0 Å². The van der Waals surface area contributed by atoms with Gasteiger partial charge in [-0.3, -0.25) is 5.32 Å². The zero-order valence-electron chi connectivity index (χ0n) is 12.8. The second-order valence-electron chi connectivity index (χ2n) is 7.01. The average Bonchev–Trinajstić information content (AvgIpc) is 3.01. The number of carbonyl (C=O) groups excluding carboxylic acids is 1. The van der Waals surface area contributed by atoms with Gasteiger partial charge in [0.25, 0.3) is 6.43 Å². The Bertz CT molecular complexity index is 591. The number of rotatable bonds is 3. The van der Waals surface area contributed by atoms with Crippen LogP contribution in [0.3, 0.4) is 0 Å². The van der Waals surface area contributed by atoms with E-state index >= 15 is 0 Å². The molecule has 2 aliphatic carbocycles. The number of aromatic nitrogens is 2. The van der Waals surface area contributed by atoms with Crippen LogP contribution in [0, 0.1) is 16.7 Å². The Balaban J connectivity index is 1.63. The normalized spacial score (nSPS) is 32.5. The second-order valence-corrected chi connectivity index (χ2v) is 8.02. The zero-order chi connectivity index (χ0) is 16.1. The number of hydrogen-bond acceptors (Lipinski definition) is 4. The van der Waals surface area contributed by atoms with Gasteiger partial charge in [0.1, 0.15) is 0 Å². The van der Waals surface area contributed by atoms with Crippen LogP contribution in [-0.2, 0) is 0 Å². The monoisotopic (exact) mass is 330 g/mol. The van der Waals surface area contributed by atoms with E-state index in [2.05, 4.69) is 41.6 Å². The number of carbonyl (C=O) groups is 1. The van der Waals surface area contributed by atoms with E-state index in [0.29, 0.717) is 17.3 Å². The highest BCUT2D eigenvalue weighted by Crippen LogP contribution is 2.65. The van der Waals surface area contributed by atoms with Crippen LogP contribution in [0.5, 0.6) is 0 Å². The van der Waals surface area contributed by atoms with Crippen LogP contribution in [0.4, 0.5) is 18.7 Å². The topological polar surface area (TPSA) is 66.9 Å². The quantitative estimate of drug-likeness (QED) is 0.885. The number of nitrogens with zero attached hydrogens (tertiary/aromatic N) is 2. The molecule has 2 amide bonds. The molecule has 0 saturated heterocycles. The molecule has 1 aromatic heterocycles. The Kier molecular flexibility index (Phi) is 3.62. The molecular formula is C14H20F2N4OS. The molecule has 122 valence electrons. The van der Waals surface area contributed by atoms with E-state index in [-0.39, 0.29) is 27.0 Å². The van der Waals surface area contributed by atoms with Gasteiger partial charge in [0.2, 0.25) is 5.13 Å². The number of nitrogens with one attached hydrogen (secondary N) is 2. The highest BCUT2D eigenvalue weighted by molar-refractivity contribution is 7.15. The van der Waals surface area contributed by atoms with Crippen molar-refractivity contribution in [2.45, 2.75) is 52.5 Å². The molecule has 3 rings (SSSR count). The molecule has 3 atom stereocenters. The third kappa shape index (κ3) is 2.28. The molecule has 0 radical (unpaired) electrons. The third-order valence-corrected chi connectivity index (χ3v) is 6.79. The maximum absolute atomic E-state index is 12.5. The molecule has 0 aliphatic heterocycles. The Hall–Kier alpha value is -1.31. The van der Waals surface area contributed by atoms with Crippen molar-refractivity contribution in [1.82, 2.24) is 15.5 Å². The van der Waals surface area contributed by atoms with Gasteiger partial charge in [0.15, 0.2) is 5.01 Å². The van der Waals surface area contributed by atoms with E-state index in [1.165, 1.54) is 6.42 Å². The molecule has 2 saturated carbocycles. The first-order valence-electron chi connectivity index (χ1n) is 7.43. The molecule has 5 nitrogen and oxygen atoms in total. The summed E-state index contributed by atoms with van der Waals surface area (Å²) in [6, 6.07) is -0.296. The van der Waals surface area contributed by atoms with E-state index in [0.717, 1.165) is 12.8 Å². The minimum atomic E-state index is -2.67. The summed E-state index contributed by atoms with van der Waals surface area (Å²) in [6.07, 6.45) is 0.609. The van der Waals surface area contributed by atoms with Crippen molar-refractivity contribution in [2.75, 3.05) is 5.32 Å². The average molecular weight is 330 g/mol. The lowest BCUT2D eigenvalue weighted by molar-refractivity contribution is 0.125. The first-order chi connectivity index (χ1) is 10.2. The molecule has 2 fully saturated rings. The van der Waals surface area contributed by atoms with Gasteiger partial charge < -0.3 is 5.32 Å². The highest BCUT2D eigenvalue weighted by atomic mass is 32.1. The van der Waals surface area contributed by atoms with E-state index < -0.39 is 12.5 Å². The van der Waals surface area contributed by atoms with E-state index in [1.807, 2.05) is 0 Å². The van der Waals surface area contributed by atoms with Crippen molar-refractivity contribution in [1.29, 1.82) is 0 Å². The first-order valence-corrected chi connectivity index (χ1v) is 8.25. The summed E-state index contributed by atoms with van der Waals surface area (Å²) in [5.41, 5.74) is 0.279. The SMILES string of the molecule is CC1(C)C2CCC1(C)C(NC(=O)Nc1nnc(C(F)F)s1)C2. The fourth-order valence-corrected chi connectivity index (χ4v) is 4.68. The predicted octanol–water partition coefficient (Wildman–Crippen LogP) is 3.81. The van der Waals surface area contributed by atoms with Gasteiger partial charge in [-0.15, -0.1) is 10.2 Å². The number of halogens is 2. The zero-order valence-corrected chi connectivity index (χ0v) is 13.6. The van der Waals surface area contributed by atoms with E-state index in [9.17, 15) is 13.6 Å². The molecule has 0 aromatic carbocycles. The largest absolute Gasteiger partial charge is 0.334 e. The van der Waals surface area contributed by atoms with Crippen molar-refractivity contribution in [2.24, 2.45) is 16.7 Å².